The normalized spacial score (nSPS) is 15.9. The summed E-state index contributed by atoms with van der Waals surface area (Å²) in [5, 5.41) is 0. The maximum absolute atomic E-state index is 12.1. The first-order valence-electron chi connectivity index (χ1n) is 8.60. The van der Waals surface area contributed by atoms with E-state index in [-0.39, 0.29) is 0 Å². The molecule has 1 aliphatic heterocycles. The molecule has 1 amide bonds. The molecule has 22 heavy (non-hydrogen) atoms. The van der Waals surface area contributed by atoms with E-state index in [9.17, 15) is 4.79 Å². The Bertz CT molecular complexity index is 477. The molecule has 1 aromatic heterocycles. The first-order chi connectivity index (χ1) is 10.6. The summed E-state index contributed by atoms with van der Waals surface area (Å²) in [6.45, 7) is 9.90. The molecule has 4 heteroatoms. The number of nitrogens with zero attached hydrogens (tertiary/aromatic N) is 3. The molecular formula is C18H29N3O. The molecule has 1 fully saturated rings. The molecule has 0 N–H and O–H groups in total. The minimum Gasteiger partial charge on any atom is -0.357 e. The molecule has 0 unspecified atom stereocenters. The molecule has 1 saturated heterocycles. The highest BCUT2D eigenvalue weighted by atomic mass is 16.2. The van der Waals surface area contributed by atoms with Gasteiger partial charge in [-0.2, -0.15) is 0 Å². The summed E-state index contributed by atoms with van der Waals surface area (Å²) < 4.78 is 0. The van der Waals surface area contributed by atoms with Crippen LogP contribution in [0.2, 0.25) is 0 Å². The summed E-state index contributed by atoms with van der Waals surface area (Å²) >= 11 is 0. The number of rotatable bonds is 6. The van der Waals surface area contributed by atoms with Gasteiger partial charge in [0.25, 0.3) is 0 Å². The molecule has 4 nitrogen and oxygen atoms in total. The van der Waals surface area contributed by atoms with Crippen molar-refractivity contribution in [2.45, 2.75) is 46.5 Å². The highest BCUT2D eigenvalue weighted by Gasteiger charge is 2.21. The van der Waals surface area contributed by atoms with Crippen LogP contribution in [0.3, 0.4) is 0 Å². The fourth-order valence-corrected chi connectivity index (χ4v) is 3.22. The van der Waals surface area contributed by atoms with E-state index >= 15 is 0 Å². The van der Waals surface area contributed by atoms with E-state index in [4.69, 9.17) is 0 Å². The Morgan fingerprint density at radius 2 is 1.95 bits per heavy atom. The summed E-state index contributed by atoms with van der Waals surface area (Å²) in [7, 11) is 0. The van der Waals surface area contributed by atoms with Gasteiger partial charge >= 0.3 is 0 Å². The Hall–Kier alpha value is -1.58. The standard InChI is InChI=1S/C18H29N3O/c1-4-20(5-2)18(22)10-9-16-11-13-21(14-12-16)17-8-6-7-15(3)19-17/h6-8,16H,4-5,9-14H2,1-3H3. The number of amides is 1. The monoisotopic (exact) mass is 303 g/mol. The van der Waals surface area contributed by atoms with Crippen molar-refractivity contribution in [1.29, 1.82) is 0 Å². The van der Waals surface area contributed by atoms with Crippen LogP contribution in [0.25, 0.3) is 0 Å². The second-order valence-corrected chi connectivity index (χ2v) is 6.17. The van der Waals surface area contributed by atoms with Crippen LogP contribution in [0, 0.1) is 12.8 Å². The van der Waals surface area contributed by atoms with Gasteiger partial charge in [-0.05, 0) is 58.1 Å². The zero-order chi connectivity index (χ0) is 15.9. The largest absolute Gasteiger partial charge is 0.357 e. The van der Waals surface area contributed by atoms with E-state index in [1.165, 1.54) is 12.8 Å². The first-order valence-corrected chi connectivity index (χ1v) is 8.60. The number of anilines is 1. The maximum atomic E-state index is 12.1. The molecule has 0 saturated carbocycles. The van der Waals surface area contributed by atoms with Crippen LogP contribution in [0.15, 0.2) is 18.2 Å². The van der Waals surface area contributed by atoms with Crippen LogP contribution >= 0.6 is 0 Å². The molecule has 0 radical (unpaired) electrons. The van der Waals surface area contributed by atoms with E-state index in [0.29, 0.717) is 18.2 Å². The Morgan fingerprint density at radius 1 is 1.27 bits per heavy atom. The molecule has 2 rings (SSSR count). The Balaban J connectivity index is 1.77. The van der Waals surface area contributed by atoms with Gasteiger partial charge in [0.2, 0.25) is 5.91 Å². The molecule has 1 aromatic rings. The number of carbonyl (C=O) groups excluding carboxylic acids is 1. The molecule has 2 heterocycles. The van der Waals surface area contributed by atoms with Crippen molar-refractivity contribution in [2.75, 3.05) is 31.1 Å². The van der Waals surface area contributed by atoms with Crippen LogP contribution in [0.5, 0.6) is 0 Å². The van der Waals surface area contributed by atoms with E-state index in [1.807, 2.05) is 17.9 Å². The van der Waals surface area contributed by atoms with Gasteiger partial charge in [-0.3, -0.25) is 4.79 Å². The average molecular weight is 303 g/mol. The lowest BCUT2D eigenvalue weighted by molar-refractivity contribution is -0.131. The van der Waals surface area contributed by atoms with E-state index < -0.39 is 0 Å². The van der Waals surface area contributed by atoms with Gasteiger partial charge in [-0.1, -0.05) is 6.07 Å². The van der Waals surface area contributed by atoms with Gasteiger partial charge in [-0.15, -0.1) is 0 Å². The Labute approximate surface area is 134 Å². The number of carbonyl (C=O) groups is 1. The van der Waals surface area contributed by atoms with Crippen LogP contribution in [-0.4, -0.2) is 42.0 Å². The fourth-order valence-electron chi connectivity index (χ4n) is 3.22. The Kier molecular flexibility index (Phi) is 6.22. The Morgan fingerprint density at radius 3 is 2.55 bits per heavy atom. The molecule has 0 bridgehead atoms. The van der Waals surface area contributed by atoms with Crippen molar-refractivity contribution < 1.29 is 4.79 Å². The zero-order valence-electron chi connectivity index (χ0n) is 14.2. The van der Waals surface area contributed by atoms with E-state index in [1.54, 1.807) is 0 Å². The summed E-state index contributed by atoms with van der Waals surface area (Å²) in [5.41, 5.74) is 1.07. The SMILES string of the molecule is CCN(CC)C(=O)CCC1CCN(c2cccc(C)n2)CC1. The van der Waals surface area contributed by atoms with E-state index in [0.717, 1.165) is 44.1 Å². The molecule has 0 spiro atoms. The van der Waals surface area contributed by atoms with Crippen LogP contribution in [-0.2, 0) is 4.79 Å². The van der Waals surface area contributed by atoms with Gasteiger partial charge in [0.15, 0.2) is 0 Å². The quantitative estimate of drug-likeness (QED) is 0.809. The molecule has 0 atom stereocenters. The lowest BCUT2D eigenvalue weighted by atomic mass is 9.92. The van der Waals surface area contributed by atoms with Crippen molar-refractivity contribution in [2.24, 2.45) is 5.92 Å². The predicted molar refractivity (Wildman–Crippen MR) is 91.1 cm³/mol. The van der Waals surface area contributed by atoms with Crippen molar-refractivity contribution in [3.8, 4) is 0 Å². The van der Waals surface area contributed by atoms with Gasteiger partial charge < -0.3 is 9.80 Å². The lowest BCUT2D eigenvalue weighted by Gasteiger charge is -2.33. The smallest absolute Gasteiger partial charge is 0.222 e. The van der Waals surface area contributed by atoms with Gasteiger partial charge in [0, 0.05) is 38.3 Å². The fraction of sp³-hybridized carbons (Fsp3) is 0.667. The van der Waals surface area contributed by atoms with Crippen molar-refractivity contribution in [3.63, 3.8) is 0 Å². The summed E-state index contributed by atoms with van der Waals surface area (Å²) in [6, 6.07) is 6.21. The van der Waals surface area contributed by atoms with Crippen molar-refractivity contribution in [1.82, 2.24) is 9.88 Å². The number of hydrogen-bond acceptors (Lipinski definition) is 3. The van der Waals surface area contributed by atoms with Crippen molar-refractivity contribution in [3.05, 3.63) is 23.9 Å². The zero-order valence-corrected chi connectivity index (χ0v) is 14.2. The number of aryl methyl sites for hydroxylation is 1. The number of hydrogen-bond donors (Lipinski definition) is 0. The second-order valence-electron chi connectivity index (χ2n) is 6.17. The maximum Gasteiger partial charge on any atom is 0.222 e. The molecule has 1 aliphatic rings. The van der Waals surface area contributed by atoms with Crippen LogP contribution in [0.1, 0.15) is 45.2 Å². The van der Waals surface area contributed by atoms with Gasteiger partial charge in [0.1, 0.15) is 5.82 Å². The molecular weight excluding hydrogens is 274 g/mol. The average Bonchev–Trinajstić information content (AvgIpc) is 2.54. The third kappa shape index (κ3) is 4.46. The second kappa shape index (κ2) is 8.16. The first kappa shape index (κ1) is 16.8. The van der Waals surface area contributed by atoms with Gasteiger partial charge in [0.05, 0.1) is 0 Å². The molecule has 0 aromatic carbocycles. The highest BCUT2D eigenvalue weighted by Crippen LogP contribution is 2.25. The van der Waals surface area contributed by atoms with Gasteiger partial charge in [-0.25, -0.2) is 4.98 Å². The number of pyridine rings is 1. The topological polar surface area (TPSA) is 36.4 Å². The third-order valence-corrected chi connectivity index (χ3v) is 4.69. The minimum absolute atomic E-state index is 0.313. The number of aromatic nitrogens is 1. The predicted octanol–water partition coefficient (Wildman–Crippen LogP) is 3.26. The summed E-state index contributed by atoms with van der Waals surface area (Å²) in [5.74, 6) is 2.09. The summed E-state index contributed by atoms with van der Waals surface area (Å²) in [4.78, 5) is 21.0. The number of piperidine rings is 1. The lowest BCUT2D eigenvalue weighted by Crippen LogP contribution is -2.35. The van der Waals surface area contributed by atoms with Crippen LogP contribution in [0.4, 0.5) is 5.82 Å². The highest BCUT2D eigenvalue weighted by molar-refractivity contribution is 5.76. The molecule has 0 aliphatic carbocycles. The van der Waals surface area contributed by atoms with E-state index in [2.05, 4.69) is 35.9 Å². The van der Waals surface area contributed by atoms with Crippen molar-refractivity contribution >= 4 is 11.7 Å². The summed E-state index contributed by atoms with van der Waals surface area (Å²) in [6.07, 6.45) is 4.07. The molecule has 122 valence electrons. The minimum atomic E-state index is 0.313. The third-order valence-electron chi connectivity index (χ3n) is 4.69. The van der Waals surface area contributed by atoms with Crippen LogP contribution < -0.4 is 4.90 Å².